The first-order valence-electron chi connectivity index (χ1n) is 25.6. The molecule has 0 fully saturated rings. The Labute approximate surface area is 371 Å². The van der Waals surface area contributed by atoms with Crippen molar-refractivity contribution in [1.29, 1.82) is 0 Å². The molecule has 6 heteroatoms. The van der Waals surface area contributed by atoms with Crippen molar-refractivity contribution in [3.63, 3.8) is 0 Å². The zero-order valence-corrected chi connectivity index (χ0v) is 39.7. The van der Waals surface area contributed by atoms with Gasteiger partial charge in [0, 0.05) is 19.3 Å². The van der Waals surface area contributed by atoms with Gasteiger partial charge < -0.3 is 14.2 Å². The van der Waals surface area contributed by atoms with Crippen LogP contribution in [0.5, 0.6) is 0 Å². The Kier molecular flexibility index (Phi) is 46.9. The number of hydrogen-bond acceptors (Lipinski definition) is 6. The maximum atomic E-state index is 12.8. The highest BCUT2D eigenvalue weighted by Crippen LogP contribution is 2.14. The average molecular weight is 841 g/mol. The highest BCUT2D eigenvalue weighted by atomic mass is 16.6. The molecule has 0 spiro atoms. The van der Waals surface area contributed by atoms with Crippen LogP contribution in [-0.4, -0.2) is 37.2 Å². The van der Waals surface area contributed by atoms with E-state index in [1.165, 1.54) is 128 Å². The van der Waals surface area contributed by atoms with E-state index in [1.807, 2.05) is 0 Å². The summed E-state index contributed by atoms with van der Waals surface area (Å²) in [5.41, 5.74) is 0. The van der Waals surface area contributed by atoms with E-state index in [9.17, 15) is 14.4 Å². The molecule has 60 heavy (non-hydrogen) atoms. The smallest absolute Gasteiger partial charge is 0.306 e. The first kappa shape index (κ1) is 57.4. The fourth-order valence-electron chi connectivity index (χ4n) is 7.09. The predicted molar refractivity (Wildman–Crippen MR) is 256 cm³/mol. The van der Waals surface area contributed by atoms with Crippen molar-refractivity contribution >= 4 is 17.9 Å². The van der Waals surface area contributed by atoms with Gasteiger partial charge in [-0.05, 0) is 96.3 Å². The largest absolute Gasteiger partial charge is 0.462 e. The Balaban J connectivity index is 4.36. The van der Waals surface area contributed by atoms with E-state index in [1.54, 1.807) is 0 Å². The molecule has 0 aliphatic heterocycles. The van der Waals surface area contributed by atoms with Crippen LogP contribution in [-0.2, 0) is 28.6 Å². The van der Waals surface area contributed by atoms with Crippen LogP contribution in [0.2, 0.25) is 0 Å². The second-order valence-corrected chi connectivity index (χ2v) is 17.1. The van der Waals surface area contributed by atoms with E-state index in [4.69, 9.17) is 14.2 Å². The van der Waals surface area contributed by atoms with E-state index in [0.717, 1.165) is 89.9 Å². The third kappa shape index (κ3) is 46.4. The van der Waals surface area contributed by atoms with Gasteiger partial charge in [-0.15, -0.1) is 0 Å². The van der Waals surface area contributed by atoms with Crippen molar-refractivity contribution in [2.24, 2.45) is 0 Å². The minimum absolute atomic E-state index is 0.0820. The number of carbonyl (C=O) groups excluding carboxylic acids is 3. The molecule has 1 atom stereocenters. The fourth-order valence-corrected chi connectivity index (χ4v) is 7.09. The van der Waals surface area contributed by atoms with Gasteiger partial charge in [0.15, 0.2) is 6.10 Å². The molecule has 0 aromatic rings. The molecule has 348 valence electrons. The average Bonchev–Trinajstić information content (AvgIpc) is 3.24. The lowest BCUT2D eigenvalue weighted by molar-refractivity contribution is -0.167. The molecule has 0 aliphatic rings. The van der Waals surface area contributed by atoms with Gasteiger partial charge in [0.1, 0.15) is 13.2 Å². The van der Waals surface area contributed by atoms with E-state index < -0.39 is 6.10 Å². The molecule has 0 saturated carbocycles. The first-order valence-corrected chi connectivity index (χ1v) is 25.6. The van der Waals surface area contributed by atoms with Gasteiger partial charge in [0.25, 0.3) is 0 Å². The summed E-state index contributed by atoms with van der Waals surface area (Å²) in [4.78, 5) is 37.9. The summed E-state index contributed by atoms with van der Waals surface area (Å²) >= 11 is 0. The molecule has 0 rings (SSSR count). The number of ether oxygens (including phenoxy) is 3. The molecule has 0 radical (unpaired) electrons. The number of unbranched alkanes of at least 4 members (excludes halogenated alkanes) is 27. The monoisotopic (exact) mass is 841 g/mol. The molecule has 0 amide bonds. The number of hydrogen-bond donors (Lipinski definition) is 0. The third-order valence-corrected chi connectivity index (χ3v) is 11.0. The van der Waals surface area contributed by atoms with Gasteiger partial charge in [0.2, 0.25) is 0 Å². The van der Waals surface area contributed by atoms with Gasteiger partial charge in [-0.2, -0.15) is 0 Å². The van der Waals surface area contributed by atoms with E-state index in [0.29, 0.717) is 19.3 Å². The van der Waals surface area contributed by atoms with Crippen LogP contribution in [0, 0.1) is 0 Å². The Morgan fingerprint density at radius 3 is 1.02 bits per heavy atom. The second-order valence-electron chi connectivity index (χ2n) is 17.1. The number of carbonyl (C=O) groups is 3. The molecule has 0 aliphatic carbocycles. The number of allylic oxidation sites excluding steroid dienone is 8. The molecular weight excluding hydrogens is 745 g/mol. The van der Waals surface area contributed by atoms with Crippen molar-refractivity contribution in [2.45, 2.75) is 264 Å². The molecule has 0 N–H and O–H groups in total. The van der Waals surface area contributed by atoms with Gasteiger partial charge in [-0.3, -0.25) is 14.4 Å². The minimum atomic E-state index is -0.780. The van der Waals surface area contributed by atoms with Crippen molar-refractivity contribution in [3.8, 4) is 0 Å². The van der Waals surface area contributed by atoms with Crippen LogP contribution >= 0.6 is 0 Å². The Morgan fingerprint density at radius 1 is 0.333 bits per heavy atom. The van der Waals surface area contributed by atoms with E-state index >= 15 is 0 Å². The molecule has 0 aromatic carbocycles. The molecule has 0 aromatic heterocycles. The maximum absolute atomic E-state index is 12.8. The van der Waals surface area contributed by atoms with Crippen LogP contribution in [0.3, 0.4) is 0 Å². The molecule has 6 nitrogen and oxygen atoms in total. The number of rotatable bonds is 46. The van der Waals surface area contributed by atoms with E-state index in [2.05, 4.69) is 69.4 Å². The highest BCUT2D eigenvalue weighted by Gasteiger charge is 2.19. The normalized spacial score (nSPS) is 12.4. The fraction of sp³-hybridized carbons (Fsp3) is 0.796. The summed E-state index contributed by atoms with van der Waals surface area (Å²) < 4.78 is 16.8. The standard InChI is InChI=1S/C54H96O6/c1-4-7-10-13-16-19-22-24-26-27-29-30-32-35-38-41-44-47-53(56)59-50-51(49-58-52(55)46-43-40-37-34-21-18-15-12-9-6-3)60-54(57)48-45-42-39-36-33-31-28-25-23-20-17-14-11-8-5-2/h15-16,18-20,23-24,26,51H,4-14,17,21-22,25,27-50H2,1-3H3/b18-15-,19-16-,23-20-,26-24-. The van der Waals surface area contributed by atoms with Crippen LogP contribution in [0.4, 0.5) is 0 Å². The Bertz CT molecular complexity index is 1060. The SMILES string of the molecule is CCCC/C=C\CCCCCCC(=O)OCC(COC(=O)CCCCCCCCC/C=C\C/C=C\CCCCC)OC(=O)CCCCCCCCC/C=C\CCCCCC. The highest BCUT2D eigenvalue weighted by molar-refractivity contribution is 5.71. The Hall–Kier alpha value is -2.63. The van der Waals surface area contributed by atoms with Crippen molar-refractivity contribution in [3.05, 3.63) is 48.6 Å². The topological polar surface area (TPSA) is 78.9 Å². The summed E-state index contributed by atoms with van der Waals surface area (Å²) in [6.07, 6.45) is 58.0. The van der Waals surface area contributed by atoms with Gasteiger partial charge in [-0.25, -0.2) is 0 Å². The third-order valence-electron chi connectivity index (χ3n) is 11.0. The lowest BCUT2D eigenvalue weighted by Crippen LogP contribution is -2.30. The summed E-state index contributed by atoms with van der Waals surface area (Å²) in [5.74, 6) is -0.903. The first-order chi connectivity index (χ1) is 29.5. The van der Waals surface area contributed by atoms with Gasteiger partial charge in [0.05, 0.1) is 0 Å². The predicted octanol–water partition coefficient (Wildman–Crippen LogP) is 16.7. The van der Waals surface area contributed by atoms with Crippen molar-refractivity contribution in [1.82, 2.24) is 0 Å². The quantitative estimate of drug-likeness (QED) is 0.0263. The zero-order valence-electron chi connectivity index (χ0n) is 39.7. The van der Waals surface area contributed by atoms with Crippen LogP contribution < -0.4 is 0 Å². The molecular formula is C54H96O6. The summed E-state index contributed by atoms with van der Waals surface area (Å²) in [7, 11) is 0. The van der Waals surface area contributed by atoms with Gasteiger partial charge in [-0.1, -0.05) is 191 Å². The molecule has 1 unspecified atom stereocenters. The molecule has 0 saturated heterocycles. The second kappa shape index (κ2) is 49.0. The maximum Gasteiger partial charge on any atom is 0.306 e. The summed E-state index contributed by atoms with van der Waals surface area (Å²) in [6, 6.07) is 0. The van der Waals surface area contributed by atoms with Crippen LogP contribution in [0.15, 0.2) is 48.6 Å². The van der Waals surface area contributed by atoms with Gasteiger partial charge >= 0.3 is 17.9 Å². The van der Waals surface area contributed by atoms with E-state index in [-0.39, 0.29) is 31.1 Å². The zero-order chi connectivity index (χ0) is 43.7. The summed E-state index contributed by atoms with van der Waals surface area (Å²) in [5, 5.41) is 0. The number of esters is 3. The molecule has 0 bridgehead atoms. The minimum Gasteiger partial charge on any atom is -0.462 e. The summed E-state index contributed by atoms with van der Waals surface area (Å²) in [6.45, 7) is 6.54. The van der Waals surface area contributed by atoms with Crippen LogP contribution in [0.25, 0.3) is 0 Å². The van der Waals surface area contributed by atoms with Crippen molar-refractivity contribution in [2.75, 3.05) is 13.2 Å². The van der Waals surface area contributed by atoms with Crippen molar-refractivity contribution < 1.29 is 28.6 Å². The Morgan fingerprint density at radius 2 is 0.617 bits per heavy atom. The lowest BCUT2D eigenvalue weighted by Gasteiger charge is -2.18. The lowest BCUT2D eigenvalue weighted by atomic mass is 10.1. The molecule has 0 heterocycles. The van der Waals surface area contributed by atoms with Crippen LogP contribution in [0.1, 0.15) is 258 Å².